The van der Waals surface area contributed by atoms with Gasteiger partial charge in [0.05, 0.1) is 6.61 Å². The molecule has 1 aliphatic rings. The van der Waals surface area contributed by atoms with Crippen LogP contribution in [0.1, 0.15) is 32.3 Å². The van der Waals surface area contributed by atoms with E-state index < -0.39 is 0 Å². The molecular weight excluding hydrogens is 391 g/mol. The van der Waals surface area contributed by atoms with Gasteiger partial charge in [0.1, 0.15) is 0 Å². The molecule has 0 aliphatic carbocycles. The van der Waals surface area contributed by atoms with Crippen LogP contribution in [-0.2, 0) is 6.54 Å². The molecule has 1 aromatic heterocycles. The van der Waals surface area contributed by atoms with Crippen molar-refractivity contribution >= 4 is 29.9 Å². The van der Waals surface area contributed by atoms with Crippen molar-refractivity contribution in [3.05, 3.63) is 23.9 Å². The number of aromatic nitrogens is 1. The van der Waals surface area contributed by atoms with Crippen LogP contribution in [-0.4, -0.2) is 42.6 Å². The quantitative estimate of drug-likeness (QED) is 0.464. The third kappa shape index (κ3) is 5.62. The summed E-state index contributed by atoms with van der Waals surface area (Å²) in [5.74, 6) is 2.40. The second kappa shape index (κ2) is 9.86. The van der Waals surface area contributed by atoms with E-state index in [1.165, 1.54) is 12.8 Å². The molecule has 5 nitrogen and oxygen atoms in total. The summed E-state index contributed by atoms with van der Waals surface area (Å²) < 4.78 is 5.43. The van der Waals surface area contributed by atoms with Gasteiger partial charge in [-0.3, -0.25) is 4.99 Å². The maximum atomic E-state index is 5.43. The van der Waals surface area contributed by atoms with E-state index in [-0.39, 0.29) is 24.0 Å². The summed E-state index contributed by atoms with van der Waals surface area (Å²) in [6, 6.07) is 3.98. The van der Waals surface area contributed by atoms with Gasteiger partial charge in [-0.25, -0.2) is 4.98 Å². The van der Waals surface area contributed by atoms with Crippen LogP contribution < -0.4 is 10.1 Å². The van der Waals surface area contributed by atoms with Crippen LogP contribution in [0, 0.1) is 5.92 Å². The highest BCUT2D eigenvalue weighted by atomic mass is 127. The summed E-state index contributed by atoms with van der Waals surface area (Å²) in [6.07, 6.45) is 4.34. The van der Waals surface area contributed by atoms with Crippen LogP contribution in [0.2, 0.25) is 0 Å². The molecule has 124 valence electrons. The monoisotopic (exact) mass is 418 g/mol. The van der Waals surface area contributed by atoms with Crippen molar-refractivity contribution in [2.24, 2.45) is 10.9 Å². The number of rotatable bonds is 4. The van der Waals surface area contributed by atoms with Crippen LogP contribution in [0.4, 0.5) is 0 Å². The Morgan fingerprint density at radius 1 is 1.55 bits per heavy atom. The topological polar surface area (TPSA) is 49.8 Å². The molecule has 1 atom stereocenters. The van der Waals surface area contributed by atoms with Gasteiger partial charge in [-0.05, 0) is 37.3 Å². The molecule has 0 amide bonds. The number of guanidine groups is 1. The first-order valence-corrected chi connectivity index (χ1v) is 7.76. The largest absolute Gasteiger partial charge is 0.478 e. The zero-order valence-corrected chi connectivity index (χ0v) is 16.0. The predicted molar refractivity (Wildman–Crippen MR) is 101 cm³/mol. The molecule has 1 unspecified atom stereocenters. The number of ether oxygens (including phenoxy) is 1. The molecule has 0 spiro atoms. The number of hydrogen-bond donors (Lipinski definition) is 1. The van der Waals surface area contributed by atoms with Crippen molar-refractivity contribution in [3.63, 3.8) is 0 Å². The van der Waals surface area contributed by atoms with Crippen molar-refractivity contribution < 1.29 is 4.74 Å². The van der Waals surface area contributed by atoms with Crippen LogP contribution in [0.3, 0.4) is 0 Å². The fourth-order valence-corrected chi connectivity index (χ4v) is 2.68. The van der Waals surface area contributed by atoms with E-state index >= 15 is 0 Å². The van der Waals surface area contributed by atoms with E-state index in [2.05, 4.69) is 27.1 Å². The maximum absolute atomic E-state index is 5.43. The van der Waals surface area contributed by atoms with E-state index in [1.807, 2.05) is 26.1 Å². The molecule has 1 saturated heterocycles. The summed E-state index contributed by atoms with van der Waals surface area (Å²) in [7, 11) is 1.85. The van der Waals surface area contributed by atoms with Gasteiger partial charge in [0.2, 0.25) is 5.88 Å². The molecule has 1 fully saturated rings. The van der Waals surface area contributed by atoms with Crippen LogP contribution in [0.25, 0.3) is 0 Å². The van der Waals surface area contributed by atoms with Crippen molar-refractivity contribution in [1.82, 2.24) is 15.2 Å². The second-order valence-electron chi connectivity index (χ2n) is 5.53. The number of nitrogens with one attached hydrogen (secondary N) is 1. The van der Waals surface area contributed by atoms with Crippen LogP contribution >= 0.6 is 24.0 Å². The van der Waals surface area contributed by atoms with E-state index in [9.17, 15) is 0 Å². The SMILES string of the molecule is CCOc1cc(CNC(=NC)N2CCCC(C)C2)ccn1.I. The van der Waals surface area contributed by atoms with E-state index in [4.69, 9.17) is 4.74 Å². The highest BCUT2D eigenvalue weighted by Gasteiger charge is 2.18. The highest BCUT2D eigenvalue weighted by molar-refractivity contribution is 14.0. The highest BCUT2D eigenvalue weighted by Crippen LogP contribution is 2.15. The van der Waals surface area contributed by atoms with Gasteiger partial charge >= 0.3 is 0 Å². The molecule has 1 aromatic rings. The average molecular weight is 418 g/mol. The minimum atomic E-state index is 0. The predicted octanol–water partition coefficient (Wildman–Crippen LogP) is 2.91. The number of nitrogens with zero attached hydrogens (tertiary/aromatic N) is 3. The lowest BCUT2D eigenvalue weighted by molar-refractivity contribution is 0.266. The minimum Gasteiger partial charge on any atom is -0.478 e. The Balaban J connectivity index is 0.00000242. The first-order valence-electron chi connectivity index (χ1n) is 7.76. The summed E-state index contributed by atoms with van der Waals surface area (Å²) in [6.45, 7) is 7.81. The maximum Gasteiger partial charge on any atom is 0.213 e. The number of pyridine rings is 1. The molecule has 22 heavy (non-hydrogen) atoms. The summed E-state index contributed by atoms with van der Waals surface area (Å²) in [5, 5.41) is 3.44. The fourth-order valence-electron chi connectivity index (χ4n) is 2.68. The molecule has 2 rings (SSSR count). The normalized spacial score (nSPS) is 18.6. The minimum absolute atomic E-state index is 0. The lowest BCUT2D eigenvalue weighted by Crippen LogP contribution is -2.45. The fraction of sp³-hybridized carbons (Fsp3) is 0.625. The Kier molecular flexibility index (Phi) is 8.52. The smallest absolute Gasteiger partial charge is 0.213 e. The van der Waals surface area contributed by atoms with Crippen molar-refractivity contribution in [3.8, 4) is 5.88 Å². The van der Waals surface area contributed by atoms with Gasteiger partial charge in [-0.1, -0.05) is 6.92 Å². The molecule has 6 heteroatoms. The third-order valence-corrected chi connectivity index (χ3v) is 3.71. The van der Waals surface area contributed by atoms with Gasteiger partial charge in [0, 0.05) is 38.9 Å². The van der Waals surface area contributed by atoms with Gasteiger partial charge in [-0.15, -0.1) is 24.0 Å². The first-order chi connectivity index (χ1) is 10.2. The molecule has 2 heterocycles. The van der Waals surface area contributed by atoms with Gasteiger partial charge in [0.15, 0.2) is 5.96 Å². The van der Waals surface area contributed by atoms with Gasteiger partial charge < -0.3 is 15.0 Å². The Bertz CT molecular complexity index is 481. The number of hydrogen-bond acceptors (Lipinski definition) is 3. The number of likely N-dealkylation sites (tertiary alicyclic amines) is 1. The summed E-state index contributed by atoms with van der Waals surface area (Å²) in [4.78, 5) is 10.9. The second-order valence-corrected chi connectivity index (χ2v) is 5.53. The number of aliphatic imine (C=N–C) groups is 1. The lowest BCUT2D eigenvalue weighted by Gasteiger charge is -2.33. The van der Waals surface area contributed by atoms with E-state index in [1.54, 1.807) is 6.20 Å². The first kappa shape index (κ1) is 19.0. The van der Waals surface area contributed by atoms with Crippen LogP contribution in [0.5, 0.6) is 5.88 Å². The third-order valence-electron chi connectivity index (χ3n) is 3.71. The van der Waals surface area contributed by atoms with Gasteiger partial charge in [-0.2, -0.15) is 0 Å². The zero-order chi connectivity index (χ0) is 15.1. The summed E-state index contributed by atoms with van der Waals surface area (Å²) >= 11 is 0. The van der Waals surface area contributed by atoms with Crippen LogP contribution in [0.15, 0.2) is 23.3 Å². The molecular formula is C16H27IN4O. The van der Waals surface area contributed by atoms with Crippen molar-refractivity contribution in [1.29, 1.82) is 0 Å². The zero-order valence-electron chi connectivity index (χ0n) is 13.7. The molecule has 0 radical (unpaired) electrons. The number of piperidine rings is 1. The number of halogens is 1. The Hall–Kier alpha value is -1.05. The van der Waals surface area contributed by atoms with Crippen molar-refractivity contribution in [2.45, 2.75) is 33.2 Å². The lowest BCUT2D eigenvalue weighted by atomic mass is 10.0. The Labute approximate surface area is 150 Å². The molecule has 1 aliphatic heterocycles. The molecule has 0 bridgehead atoms. The summed E-state index contributed by atoms with van der Waals surface area (Å²) in [5.41, 5.74) is 1.15. The van der Waals surface area contributed by atoms with E-state index in [0.717, 1.165) is 37.1 Å². The molecule has 0 saturated carbocycles. The van der Waals surface area contributed by atoms with Gasteiger partial charge in [0.25, 0.3) is 0 Å². The Morgan fingerprint density at radius 2 is 2.36 bits per heavy atom. The molecule has 1 N–H and O–H groups in total. The average Bonchev–Trinajstić information content (AvgIpc) is 2.49. The Morgan fingerprint density at radius 3 is 3.05 bits per heavy atom. The molecule has 0 aromatic carbocycles. The van der Waals surface area contributed by atoms with E-state index in [0.29, 0.717) is 12.5 Å². The standard InChI is InChI=1S/C16H26N4O.HI/c1-4-21-15-10-14(7-8-18-15)11-19-16(17-3)20-9-5-6-13(2)12-20;/h7-8,10,13H,4-6,9,11-12H2,1-3H3,(H,17,19);1H. The van der Waals surface area contributed by atoms with Crippen molar-refractivity contribution in [2.75, 3.05) is 26.7 Å².